The number of rotatable bonds is 3. The highest BCUT2D eigenvalue weighted by molar-refractivity contribution is 5.20. The molecule has 4 fully saturated rings. The fraction of sp³-hybridized carbons (Fsp3) is 1.00. The smallest absolute Gasteiger partial charge is 0.0694 e. The van der Waals surface area contributed by atoms with E-state index in [1.807, 2.05) is 34.8 Å². The standard InChI is InChI=1S/C17H30O3/c1-13(2,18)15-6-12-7-16(9-15,14(3,4)19)11-17(8-12,10-15)20-5/h12,18-19H,6-11H2,1-5H3. The summed E-state index contributed by atoms with van der Waals surface area (Å²) in [4.78, 5) is 0. The molecule has 2 unspecified atom stereocenters. The zero-order valence-corrected chi connectivity index (χ0v) is 13.6. The lowest BCUT2D eigenvalue weighted by molar-refractivity contribution is -0.286. The van der Waals surface area contributed by atoms with Gasteiger partial charge in [0, 0.05) is 17.9 Å². The highest BCUT2D eigenvalue weighted by Crippen LogP contribution is 2.72. The van der Waals surface area contributed by atoms with E-state index in [1.54, 1.807) is 0 Å². The molecular formula is C17H30O3. The molecule has 4 bridgehead atoms. The number of ether oxygens (including phenoxy) is 1. The van der Waals surface area contributed by atoms with E-state index in [2.05, 4.69) is 0 Å². The molecule has 4 aliphatic rings. The average molecular weight is 282 g/mol. The number of hydrogen-bond acceptors (Lipinski definition) is 3. The Bertz CT molecular complexity index is 385. The van der Waals surface area contributed by atoms with Crippen LogP contribution < -0.4 is 0 Å². The molecule has 0 spiro atoms. The van der Waals surface area contributed by atoms with Crippen molar-refractivity contribution in [3.8, 4) is 0 Å². The summed E-state index contributed by atoms with van der Waals surface area (Å²) in [6, 6.07) is 0. The van der Waals surface area contributed by atoms with Crippen molar-refractivity contribution >= 4 is 0 Å². The predicted octanol–water partition coefficient (Wildman–Crippen LogP) is 2.88. The van der Waals surface area contributed by atoms with Crippen LogP contribution >= 0.6 is 0 Å². The first kappa shape index (κ1) is 14.8. The van der Waals surface area contributed by atoms with Crippen molar-refractivity contribution in [1.82, 2.24) is 0 Å². The largest absolute Gasteiger partial charge is 0.390 e. The fourth-order valence-electron chi connectivity index (χ4n) is 5.94. The van der Waals surface area contributed by atoms with Crippen LogP contribution in [0.1, 0.15) is 66.2 Å². The van der Waals surface area contributed by atoms with Gasteiger partial charge < -0.3 is 14.9 Å². The van der Waals surface area contributed by atoms with E-state index in [0.29, 0.717) is 5.92 Å². The van der Waals surface area contributed by atoms with Crippen LogP contribution in [0.4, 0.5) is 0 Å². The van der Waals surface area contributed by atoms with Crippen molar-refractivity contribution in [2.45, 2.75) is 83.0 Å². The third-order valence-corrected chi connectivity index (χ3v) is 7.05. The summed E-state index contributed by atoms with van der Waals surface area (Å²) >= 11 is 0. The van der Waals surface area contributed by atoms with Gasteiger partial charge in [0.2, 0.25) is 0 Å². The van der Waals surface area contributed by atoms with Crippen LogP contribution in [0.2, 0.25) is 0 Å². The van der Waals surface area contributed by atoms with Crippen LogP contribution in [0.5, 0.6) is 0 Å². The minimum absolute atomic E-state index is 0.109. The van der Waals surface area contributed by atoms with E-state index in [9.17, 15) is 10.2 Å². The Balaban J connectivity index is 2.11. The summed E-state index contributed by atoms with van der Waals surface area (Å²) in [6.45, 7) is 7.78. The molecule has 4 saturated carbocycles. The minimum Gasteiger partial charge on any atom is -0.390 e. The Kier molecular flexibility index (Phi) is 2.81. The Labute approximate surface area is 122 Å². The highest BCUT2D eigenvalue weighted by atomic mass is 16.5. The monoisotopic (exact) mass is 282 g/mol. The maximum atomic E-state index is 10.8. The number of aliphatic hydroxyl groups is 2. The van der Waals surface area contributed by atoms with Gasteiger partial charge in [-0.2, -0.15) is 0 Å². The summed E-state index contributed by atoms with van der Waals surface area (Å²) in [5.41, 5.74) is -1.79. The highest BCUT2D eigenvalue weighted by Gasteiger charge is 2.69. The van der Waals surface area contributed by atoms with Gasteiger partial charge in [-0.05, 0) is 72.1 Å². The van der Waals surface area contributed by atoms with Gasteiger partial charge in [-0.25, -0.2) is 0 Å². The van der Waals surface area contributed by atoms with E-state index in [4.69, 9.17) is 4.74 Å². The lowest BCUT2D eigenvalue weighted by Gasteiger charge is -2.70. The first-order valence-electron chi connectivity index (χ1n) is 7.97. The Morgan fingerprint density at radius 1 is 0.850 bits per heavy atom. The average Bonchev–Trinajstić information content (AvgIpc) is 2.24. The molecule has 2 N–H and O–H groups in total. The summed E-state index contributed by atoms with van der Waals surface area (Å²) in [5.74, 6) is 0.573. The molecule has 0 saturated heterocycles. The molecule has 0 aromatic rings. The van der Waals surface area contributed by atoms with Crippen molar-refractivity contribution in [3.05, 3.63) is 0 Å². The molecule has 0 radical (unpaired) electrons. The zero-order chi connectivity index (χ0) is 15.0. The van der Waals surface area contributed by atoms with Crippen molar-refractivity contribution < 1.29 is 14.9 Å². The van der Waals surface area contributed by atoms with Gasteiger partial charge in [0.15, 0.2) is 0 Å². The summed E-state index contributed by atoms with van der Waals surface area (Å²) < 4.78 is 5.97. The lowest BCUT2D eigenvalue weighted by atomic mass is 9.37. The summed E-state index contributed by atoms with van der Waals surface area (Å²) in [6.07, 6.45) is 6.06. The second kappa shape index (κ2) is 3.80. The normalized spacial score (nSPS) is 47.9. The molecule has 3 nitrogen and oxygen atoms in total. The molecule has 116 valence electrons. The van der Waals surface area contributed by atoms with Crippen LogP contribution in [-0.2, 0) is 4.74 Å². The van der Waals surface area contributed by atoms with Crippen LogP contribution in [0, 0.1) is 16.7 Å². The summed E-state index contributed by atoms with van der Waals surface area (Å²) in [5, 5.41) is 21.7. The van der Waals surface area contributed by atoms with Crippen molar-refractivity contribution in [1.29, 1.82) is 0 Å². The third-order valence-electron chi connectivity index (χ3n) is 7.05. The van der Waals surface area contributed by atoms with Gasteiger partial charge in [0.25, 0.3) is 0 Å². The Morgan fingerprint density at radius 2 is 1.30 bits per heavy atom. The van der Waals surface area contributed by atoms with Gasteiger partial charge in [-0.1, -0.05) is 0 Å². The molecule has 0 amide bonds. The van der Waals surface area contributed by atoms with E-state index >= 15 is 0 Å². The lowest BCUT2D eigenvalue weighted by Crippen LogP contribution is -2.69. The Hall–Kier alpha value is -0.120. The van der Waals surface area contributed by atoms with Crippen LogP contribution in [0.25, 0.3) is 0 Å². The number of methoxy groups -OCH3 is 1. The third kappa shape index (κ3) is 1.75. The predicted molar refractivity (Wildman–Crippen MR) is 78.4 cm³/mol. The summed E-state index contributed by atoms with van der Waals surface area (Å²) in [7, 11) is 1.81. The van der Waals surface area contributed by atoms with Crippen molar-refractivity contribution in [3.63, 3.8) is 0 Å². The van der Waals surface area contributed by atoms with Crippen molar-refractivity contribution in [2.75, 3.05) is 7.11 Å². The van der Waals surface area contributed by atoms with Gasteiger partial charge in [-0.3, -0.25) is 0 Å². The van der Waals surface area contributed by atoms with E-state index < -0.39 is 11.2 Å². The maximum Gasteiger partial charge on any atom is 0.0694 e. The van der Waals surface area contributed by atoms with Gasteiger partial charge >= 0.3 is 0 Å². The van der Waals surface area contributed by atoms with Crippen LogP contribution in [0.3, 0.4) is 0 Å². The molecule has 0 aromatic carbocycles. The first-order valence-corrected chi connectivity index (χ1v) is 7.97. The molecule has 4 rings (SSSR count). The van der Waals surface area contributed by atoms with Gasteiger partial charge in [0.05, 0.1) is 16.8 Å². The van der Waals surface area contributed by atoms with Crippen LogP contribution in [-0.4, -0.2) is 34.1 Å². The molecular weight excluding hydrogens is 252 g/mol. The zero-order valence-electron chi connectivity index (χ0n) is 13.6. The molecule has 0 aliphatic heterocycles. The van der Waals surface area contributed by atoms with E-state index in [0.717, 1.165) is 38.5 Å². The fourth-order valence-corrected chi connectivity index (χ4v) is 5.94. The van der Waals surface area contributed by atoms with Crippen LogP contribution in [0.15, 0.2) is 0 Å². The van der Waals surface area contributed by atoms with Gasteiger partial charge in [-0.15, -0.1) is 0 Å². The second-order valence-electron chi connectivity index (χ2n) is 9.07. The van der Waals surface area contributed by atoms with Crippen molar-refractivity contribution in [2.24, 2.45) is 16.7 Å². The van der Waals surface area contributed by atoms with Gasteiger partial charge in [0.1, 0.15) is 0 Å². The van der Waals surface area contributed by atoms with E-state index in [-0.39, 0.29) is 16.4 Å². The Morgan fingerprint density at radius 3 is 1.65 bits per heavy atom. The molecule has 3 heteroatoms. The number of hydrogen-bond donors (Lipinski definition) is 2. The van der Waals surface area contributed by atoms with E-state index in [1.165, 1.54) is 0 Å². The second-order valence-corrected chi connectivity index (χ2v) is 9.07. The topological polar surface area (TPSA) is 49.7 Å². The molecule has 0 heterocycles. The molecule has 2 atom stereocenters. The molecule has 4 aliphatic carbocycles. The minimum atomic E-state index is -0.715. The SMILES string of the molecule is COC12CC3CC(C(C)(C)O)(C1)CC(C(C)(C)O)(C3)C2. The molecule has 0 aromatic heterocycles. The first-order chi connectivity index (χ1) is 8.97. The molecule has 20 heavy (non-hydrogen) atoms. The maximum absolute atomic E-state index is 10.8. The quantitative estimate of drug-likeness (QED) is 0.837.